The number of nitrogens with one attached hydrogen (secondary N) is 2. The van der Waals surface area contributed by atoms with Crippen LogP contribution < -0.4 is 10.6 Å². The minimum atomic E-state index is 0.818. The Morgan fingerprint density at radius 1 is 1.40 bits per heavy atom. The van der Waals surface area contributed by atoms with E-state index in [2.05, 4.69) is 24.5 Å². The average Bonchev–Trinajstić information content (AvgIpc) is 1.89. The molecule has 0 aromatic heterocycles. The zero-order chi connectivity index (χ0) is 7.82. The molecule has 1 unspecified atom stereocenters. The summed E-state index contributed by atoms with van der Waals surface area (Å²) in [5.74, 6) is 0.818. The van der Waals surface area contributed by atoms with Gasteiger partial charge in [0.1, 0.15) is 0 Å². The summed E-state index contributed by atoms with van der Waals surface area (Å²) in [6.45, 7) is 6.57. The van der Waals surface area contributed by atoms with Crippen LogP contribution in [0.15, 0.2) is 0 Å². The van der Waals surface area contributed by atoms with Crippen molar-refractivity contribution < 1.29 is 0 Å². The Kier molecular flexibility index (Phi) is 6.98. The molecule has 0 aromatic rings. The second kappa shape index (κ2) is 7.03. The smallest absolute Gasteiger partial charge is 0.0451 e. The lowest BCUT2D eigenvalue weighted by Crippen LogP contribution is -2.29. The first-order chi connectivity index (χ1) is 4.81. The first-order valence-corrected chi connectivity index (χ1v) is 4.16. The minimum absolute atomic E-state index is 0.818. The SMILES string of the molecule is CCCC(C)CNCNC. The second-order valence-electron chi connectivity index (χ2n) is 2.88. The van der Waals surface area contributed by atoms with E-state index in [4.69, 9.17) is 0 Å². The highest BCUT2D eigenvalue weighted by Gasteiger charge is 1.97. The van der Waals surface area contributed by atoms with E-state index < -0.39 is 0 Å². The van der Waals surface area contributed by atoms with E-state index in [-0.39, 0.29) is 0 Å². The molecule has 2 N–H and O–H groups in total. The summed E-state index contributed by atoms with van der Waals surface area (Å²) in [4.78, 5) is 0. The lowest BCUT2D eigenvalue weighted by molar-refractivity contribution is 0.468. The fourth-order valence-electron chi connectivity index (χ4n) is 1.04. The van der Waals surface area contributed by atoms with Crippen molar-refractivity contribution in [3.8, 4) is 0 Å². The summed E-state index contributed by atoms with van der Waals surface area (Å²) in [5, 5.41) is 6.36. The molecule has 0 amide bonds. The van der Waals surface area contributed by atoms with Crippen molar-refractivity contribution in [2.24, 2.45) is 5.92 Å². The molecule has 0 saturated carbocycles. The van der Waals surface area contributed by atoms with Crippen LogP contribution in [0, 0.1) is 5.92 Å². The van der Waals surface area contributed by atoms with Gasteiger partial charge in [-0.1, -0.05) is 20.3 Å². The van der Waals surface area contributed by atoms with Gasteiger partial charge in [-0.05, 0) is 25.9 Å². The first kappa shape index (κ1) is 9.92. The standard InChI is InChI=1S/C8H20N2/c1-4-5-8(2)6-10-7-9-3/h8-10H,4-7H2,1-3H3. The van der Waals surface area contributed by atoms with Gasteiger partial charge >= 0.3 is 0 Å². The molecule has 0 fully saturated rings. The summed E-state index contributed by atoms with van der Waals surface area (Å²) in [5.41, 5.74) is 0. The third kappa shape index (κ3) is 6.05. The third-order valence-corrected chi connectivity index (χ3v) is 1.58. The molecule has 2 heteroatoms. The van der Waals surface area contributed by atoms with Gasteiger partial charge in [-0.15, -0.1) is 0 Å². The van der Waals surface area contributed by atoms with Crippen LogP contribution in [-0.4, -0.2) is 20.3 Å². The zero-order valence-electron chi connectivity index (χ0n) is 7.41. The van der Waals surface area contributed by atoms with Gasteiger partial charge in [0.2, 0.25) is 0 Å². The molecular formula is C8H20N2. The number of rotatable bonds is 6. The molecule has 1 atom stereocenters. The molecule has 0 aliphatic carbocycles. The first-order valence-electron chi connectivity index (χ1n) is 4.16. The van der Waals surface area contributed by atoms with E-state index in [0.29, 0.717) is 0 Å². The molecule has 0 radical (unpaired) electrons. The summed E-state index contributed by atoms with van der Waals surface area (Å²) in [6, 6.07) is 0. The highest BCUT2D eigenvalue weighted by atomic mass is 15.0. The van der Waals surface area contributed by atoms with Crippen LogP contribution in [-0.2, 0) is 0 Å². The molecule has 0 aromatic carbocycles. The van der Waals surface area contributed by atoms with Crippen LogP contribution in [0.3, 0.4) is 0 Å². The largest absolute Gasteiger partial charge is 0.308 e. The maximum absolute atomic E-state index is 3.31. The molecule has 10 heavy (non-hydrogen) atoms. The molecular weight excluding hydrogens is 124 g/mol. The van der Waals surface area contributed by atoms with Crippen molar-refractivity contribution in [3.63, 3.8) is 0 Å². The van der Waals surface area contributed by atoms with Gasteiger partial charge < -0.3 is 10.6 Å². The fourth-order valence-corrected chi connectivity index (χ4v) is 1.04. The predicted molar refractivity (Wildman–Crippen MR) is 46.0 cm³/mol. The van der Waals surface area contributed by atoms with Gasteiger partial charge in [-0.25, -0.2) is 0 Å². The predicted octanol–water partition coefficient (Wildman–Crippen LogP) is 1.19. The lowest BCUT2D eigenvalue weighted by atomic mass is 10.1. The van der Waals surface area contributed by atoms with E-state index in [1.807, 2.05) is 7.05 Å². The zero-order valence-corrected chi connectivity index (χ0v) is 7.41. The van der Waals surface area contributed by atoms with Gasteiger partial charge in [0.15, 0.2) is 0 Å². The van der Waals surface area contributed by atoms with Crippen LogP contribution >= 0.6 is 0 Å². The van der Waals surface area contributed by atoms with Crippen molar-refractivity contribution in [2.75, 3.05) is 20.3 Å². The highest BCUT2D eigenvalue weighted by molar-refractivity contribution is 4.54. The maximum atomic E-state index is 3.31. The Labute approximate surface area is 64.4 Å². The second-order valence-corrected chi connectivity index (χ2v) is 2.88. The monoisotopic (exact) mass is 144 g/mol. The van der Waals surface area contributed by atoms with Crippen molar-refractivity contribution >= 4 is 0 Å². The molecule has 2 nitrogen and oxygen atoms in total. The van der Waals surface area contributed by atoms with Gasteiger partial charge in [0, 0.05) is 6.67 Å². The van der Waals surface area contributed by atoms with Gasteiger partial charge in [-0.2, -0.15) is 0 Å². The van der Waals surface area contributed by atoms with Crippen molar-refractivity contribution in [2.45, 2.75) is 26.7 Å². The molecule has 0 aliphatic rings. The van der Waals surface area contributed by atoms with Crippen molar-refractivity contribution in [1.82, 2.24) is 10.6 Å². The molecule has 62 valence electrons. The molecule has 0 aliphatic heterocycles. The summed E-state index contributed by atoms with van der Waals surface area (Å²) in [7, 11) is 1.96. The van der Waals surface area contributed by atoms with Crippen LogP contribution in [0.2, 0.25) is 0 Å². The van der Waals surface area contributed by atoms with Crippen LogP contribution in [0.25, 0.3) is 0 Å². The minimum Gasteiger partial charge on any atom is -0.308 e. The third-order valence-electron chi connectivity index (χ3n) is 1.58. The molecule has 0 bridgehead atoms. The average molecular weight is 144 g/mol. The Balaban J connectivity index is 2.97. The van der Waals surface area contributed by atoms with E-state index in [1.165, 1.54) is 12.8 Å². The van der Waals surface area contributed by atoms with Gasteiger partial charge in [0.25, 0.3) is 0 Å². The maximum Gasteiger partial charge on any atom is 0.0451 e. The molecule has 0 heterocycles. The number of hydrogen-bond acceptors (Lipinski definition) is 2. The summed E-state index contributed by atoms with van der Waals surface area (Å²) in [6.07, 6.45) is 2.62. The van der Waals surface area contributed by atoms with Gasteiger partial charge in [-0.3, -0.25) is 0 Å². The fraction of sp³-hybridized carbons (Fsp3) is 1.00. The lowest BCUT2D eigenvalue weighted by Gasteiger charge is -2.10. The normalized spacial score (nSPS) is 13.5. The Bertz CT molecular complexity index is 64.3. The quantitative estimate of drug-likeness (QED) is 0.432. The van der Waals surface area contributed by atoms with Crippen LogP contribution in [0.5, 0.6) is 0 Å². The summed E-state index contributed by atoms with van der Waals surface area (Å²) < 4.78 is 0. The molecule has 0 spiro atoms. The van der Waals surface area contributed by atoms with E-state index in [1.54, 1.807) is 0 Å². The molecule has 0 saturated heterocycles. The highest BCUT2D eigenvalue weighted by Crippen LogP contribution is 2.01. The topological polar surface area (TPSA) is 24.1 Å². The van der Waals surface area contributed by atoms with E-state index in [0.717, 1.165) is 19.1 Å². The van der Waals surface area contributed by atoms with Crippen molar-refractivity contribution in [1.29, 1.82) is 0 Å². The van der Waals surface area contributed by atoms with Crippen LogP contribution in [0.4, 0.5) is 0 Å². The summed E-state index contributed by atoms with van der Waals surface area (Å²) >= 11 is 0. The Hall–Kier alpha value is -0.0800. The number of hydrogen-bond donors (Lipinski definition) is 2. The van der Waals surface area contributed by atoms with Crippen molar-refractivity contribution in [3.05, 3.63) is 0 Å². The van der Waals surface area contributed by atoms with E-state index in [9.17, 15) is 0 Å². The Morgan fingerprint density at radius 2 is 2.10 bits per heavy atom. The molecule has 0 rings (SSSR count). The Morgan fingerprint density at radius 3 is 2.60 bits per heavy atom. The van der Waals surface area contributed by atoms with Gasteiger partial charge in [0.05, 0.1) is 0 Å². The van der Waals surface area contributed by atoms with Crippen LogP contribution in [0.1, 0.15) is 26.7 Å². The van der Waals surface area contributed by atoms with E-state index >= 15 is 0 Å².